The molecule has 1 fully saturated rings. The van der Waals surface area contributed by atoms with Crippen LogP contribution in [0.2, 0.25) is 0 Å². The zero-order valence-corrected chi connectivity index (χ0v) is 19.1. The number of rotatable bonds is 2. The summed E-state index contributed by atoms with van der Waals surface area (Å²) in [5, 5.41) is 0. The molecule has 0 aliphatic carbocycles. The fourth-order valence-corrected chi connectivity index (χ4v) is 6.97. The van der Waals surface area contributed by atoms with Crippen molar-refractivity contribution in [2.75, 3.05) is 13.2 Å². The second-order valence-corrected chi connectivity index (χ2v) is 11.5. The first-order valence-corrected chi connectivity index (χ1v) is 12.3. The Morgan fingerprint density at radius 2 is 1.19 bits per heavy atom. The molecule has 0 amide bonds. The van der Waals surface area contributed by atoms with Gasteiger partial charge >= 0.3 is 183 Å². The van der Waals surface area contributed by atoms with Crippen LogP contribution in [0.4, 0.5) is 0 Å². The molecule has 1 spiro atoms. The number of aryl methyl sites for hydroxylation is 2. The molecule has 2 aliphatic rings. The molecule has 0 atom stereocenters. The molecule has 0 N–H and O–H groups in total. The minimum absolute atomic E-state index is 0.203. The van der Waals surface area contributed by atoms with Gasteiger partial charge in [-0.2, -0.15) is 0 Å². The van der Waals surface area contributed by atoms with E-state index in [4.69, 9.17) is 22.6 Å². The number of fused-ring (bicyclic) bond motifs is 3. The molecule has 2 aliphatic heterocycles. The van der Waals surface area contributed by atoms with Crippen LogP contribution in [0.25, 0.3) is 11.1 Å². The van der Waals surface area contributed by atoms with E-state index >= 15 is 0 Å². The molecule has 0 unspecified atom stereocenters. The summed E-state index contributed by atoms with van der Waals surface area (Å²) in [4.78, 5) is 0. The van der Waals surface area contributed by atoms with Crippen LogP contribution in [0, 0.1) is 19.3 Å². The van der Waals surface area contributed by atoms with E-state index in [0.29, 0.717) is 30.5 Å². The van der Waals surface area contributed by atoms with E-state index in [9.17, 15) is 0 Å². The van der Waals surface area contributed by atoms with Gasteiger partial charge in [0, 0.05) is 0 Å². The van der Waals surface area contributed by atoms with Crippen LogP contribution in [0.1, 0.15) is 25.0 Å². The summed E-state index contributed by atoms with van der Waals surface area (Å²) < 4.78 is 32.8. The fourth-order valence-electron chi connectivity index (χ4n) is 3.80. The molecule has 0 bridgehead atoms. The van der Waals surface area contributed by atoms with Crippen molar-refractivity contribution in [1.82, 2.24) is 0 Å². The summed E-state index contributed by atoms with van der Waals surface area (Å²) in [5.41, 5.74) is 3.51. The Hall–Kier alpha value is -2.59. The van der Waals surface area contributed by atoms with Gasteiger partial charge in [0.25, 0.3) is 0 Å². The monoisotopic (exact) mass is 438 g/mol. The zero-order chi connectivity index (χ0) is 21.7. The Bertz CT molecular complexity index is 1070. The standard InChI is InChI=1S/C25H27O5P/c1-18-10-9-11-19(2)24(18)30-31(26-16-25(3,4)17-27-31)28-22-14-7-5-12-20(22)21-13-6-8-15-23(21)29-31/h5-15H,16-17H2,1-4H3. The Labute approximate surface area is 183 Å². The first-order valence-electron chi connectivity index (χ1n) is 10.5. The summed E-state index contributed by atoms with van der Waals surface area (Å²) >= 11 is 0. The third-order valence-electron chi connectivity index (χ3n) is 5.54. The van der Waals surface area contributed by atoms with E-state index in [1.807, 2.05) is 80.6 Å². The van der Waals surface area contributed by atoms with Crippen molar-refractivity contribution in [1.29, 1.82) is 0 Å². The van der Waals surface area contributed by atoms with Crippen molar-refractivity contribution in [3.8, 4) is 28.4 Å². The first kappa shape index (κ1) is 20.3. The van der Waals surface area contributed by atoms with Gasteiger partial charge in [0.05, 0.1) is 0 Å². The van der Waals surface area contributed by atoms with Crippen LogP contribution in [0.3, 0.4) is 0 Å². The number of hydrogen-bond acceptors (Lipinski definition) is 5. The Morgan fingerprint density at radius 1 is 0.710 bits per heavy atom. The molecule has 31 heavy (non-hydrogen) atoms. The number of hydrogen-bond donors (Lipinski definition) is 0. The summed E-state index contributed by atoms with van der Waals surface area (Å²) in [5.74, 6) is 1.86. The van der Waals surface area contributed by atoms with Gasteiger partial charge in [0.2, 0.25) is 0 Å². The van der Waals surface area contributed by atoms with Gasteiger partial charge in [-0.15, -0.1) is 0 Å². The van der Waals surface area contributed by atoms with Crippen LogP contribution in [0.5, 0.6) is 17.2 Å². The van der Waals surface area contributed by atoms with E-state index in [2.05, 4.69) is 13.8 Å². The normalized spacial score (nSPS) is 21.2. The predicted molar refractivity (Wildman–Crippen MR) is 122 cm³/mol. The molecule has 0 aromatic heterocycles. The van der Waals surface area contributed by atoms with Crippen molar-refractivity contribution < 1.29 is 22.6 Å². The van der Waals surface area contributed by atoms with Gasteiger partial charge in [-0.05, 0) is 0 Å². The maximum atomic E-state index is 6.66. The molecule has 5 nitrogen and oxygen atoms in total. The van der Waals surface area contributed by atoms with E-state index < -0.39 is 7.74 Å². The second kappa shape index (κ2) is 6.96. The molecule has 3 aromatic rings. The van der Waals surface area contributed by atoms with Crippen molar-refractivity contribution in [3.63, 3.8) is 0 Å². The summed E-state index contributed by atoms with van der Waals surface area (Å²) in [6, 6.07) is 21.6. The molecule has 0 saturated carbocycles. The van der Waals surface area contributed by atoms with Gasteiger partial charge in [0.1, 0.15) is 0 Å². The van der Waals surface area contributed by atoms with E-state index in [-0.39, 0.29) is 5.41 Å². The van der Waals surface area contributed by atoms with Gasteiger partial charge < -0.3 is 0 Å². The molecule has 6 heteroatoms. The minimum atomic E-state index is -4.57. The molecule has 162 valence electrons. The van der Waals surface area contributed by atoms with Crippen LogP contribution in [0.15, 0.2) is 66.7 Å². The molecular weight excluding hydrogens is 411 g/mol. The van der Waals surface area contributed by atoms with E-state index in [0.717, 1.165) is 22.3 Å². The molecule has 2 heterocycles. The summed E-state index contributed by atoms with van der Waals surface area (Å²) in [7, 11) is -4.57. The molecule has 1 saturated heterocycles. The molecule has 5 rings (SSSR count). The van der Waals surface area contributed by atoms with Crippen molar-refractivity contribution >= 4 is 7.74 Å². The first-order chi connectivity index (χ1) is 14.8. The number of para-hydroxylation sites is 3. The van der Waals surface area contributed by atoms with Crippen molar-refractivity contribution in [3.05, 3.63) is 77.9 Å². The fraction of sp³-hybridized carbons (Fsp3) is 0.280. The molecule has 0 radical (unpaired) electrons. The average Bonchev–Trinajstić information content (AvgIpc) is 2.87. The van der Waals surface area contributed by atoms with Crippen LogP contribution < -0.4 is 13.6 Å². The average molecular weight is 438 g/mol. The zero-order valence-electron chi connectivity index (χ0n) is 18.3. The van der Waals surface area contributed by atoms with Crippen LogP contribution in [-0.4, -0.2) is 13.2 Å². The second-order valence-electron chi connectivity index (χ2n) is 8.94. The van der Waals surface area contributed by atoms with Crippen molar-refractivity contribution in [2.24, 2.45) is 5.41 Å². The van der Waals surface area contributed by atoms with Gasteiger partial charge in [-0.3, -0.25) is 0 Å². The third kappa shape index (κ3) is 3.47. The Kier molecular flexibility index (Phi) is 4.56. The van der Waals surface area contributed by atoms with Gasteiger partial charge in [-0.1, -0.05) is 0 Å². The molecule has 3 aromatic carbocycles. The van der Waals surface area contributed by atoms with Crippen LogP contribution in [-0.2, 0) is 9.05 Å². The van der Waals surface area contributed by atoms with Crippen LogP contribution >= 0.6 is 7.74 Å². The Morgan fingerprint density at radius 3 is 1.71 bits per heavy atom. The number of benzene rings is 3. The van der Waals surface area contributed by atoms with Crippen molar-refractivity contribution in [2.45, 2.75) is 27.7 Å². The van der Waals surface area contributed by atoms with Gasteiger partial charge in [-0.25, -0.2) is 0 Å². The molecular formula is C25H27O5P. The third-order valence-corrected chi connectivity index (χ3v) is 8.11. The quantitative estimate of drug-likeness (QED) is 0.402. The van der Waals surface area contributed by atoms with E-state index in [1.165, 1.54) is 0 Å². The summed E-state index contributed by atoms with van der Waals surface area (Å²) in [6.45, 7) is 8.90. The summed E-state index contributed by atoms with van der Waals surface area (Å²) in [6.07, 6.45) is 0. The van der Waals surface area contributed by atoms with Gasteiger partial charge in [0.15, 0.2) is 0 Å². The topological polar surface area (TPSA) is 46.2 Å². The SMILES string of the molecule is Cc1cccc(C)c1OP12(OCC(C)(C)CO1)Oc1ccccc1-c1ccccc1O2. The predicted octanol–water partition coefficient (Wildman–Crippen LogP) is 7.02. The maximum absolute atomic E-state index is 6.66. The Balaban J connectivity index is 1.74. The van der Waals surface area contributed by atoms with E-state index in [1.54, 1.807) is 0 Å².